The van der Waals surface area contributed by atoms with Crippen LogP contribution in [0, 0.1) is 11.8 Å². The fraction of sp³-hybridized carbons (Fsp3) is 0.179. The normalized spacial score (nSPS) is 12.1. The largest absolute Gasteiger partial charge is 0.481 e. The van der Waals surface area contributed by atoms with E-state index in [0.717, 1.165) is 16.5 Å². The van der Waals surface area contributed by atoms with Crippen LogP contribution in [0.15, 0.2) is 83.9 Å². The summed E-state index contributed by atoms with van der Waals surface area (Å²) in [6.45, 7) is 2.45. The lowest BCUT2D eigenvalue weighted by Gasteiger charge is -2.15. The Morgan fingerprint density at radius 1 is 1.11 bits per heavy atom. The molecule has 7 nitrogen and oxygen atoms in total. The second-order valence-electron chi connectivity index (χ2n) is 8.33. The third kappa shape index (κ3) is 6.52. The predicted octanol–water partition coefficient (Wildman–Crippen LogP) is 4.72. The fourth-order valence-electron chi connectivity index (χ4n) is 3.98. The van der Waals surface area contributed by atoms with Gasteiger partial charge in [0.2, 0.25) is 10.0 Å². The first-order valence-electron chi connectivity index (χ1n) is 11.5. The number of carboxylic acid groups (broad SMARTS) is 1. The van der Waals surface area contributed by atoms with Crippen LogP contribution in [0.4, 0.5) is 0 Å². The number of rotatable bonds is 10. The number of hydrogen-bond donors (Lipinski definition) is 2. The molecule has 1 atom stereocenters. The average molecular weight is 537 g/mol. The molecule has 0 aliphatic carbocycles. The lowest BCUT2D eigenvalue weighted by atomic mass is 10.1. The van der Waals surface area contributed by atoms with Gasteiger partial charge >= 0.3 is 5.97 Å². The van der Waals surface area contributed by atoms with Gasteiger partial charge in [-0.2, -0.15) is 4.72 Å². The maximum absolute atomic E-state index is 13.0. The Morgan fingerprint density at radius 3 is 2.51 bits per heavy atom. The van der Waals surface area contributed by atoms with Gasteiger partial charge in [-0.15, -0.1) is 5.92 Å². The van der Waals surface area contributed by atoms with E-state index in [1.165, 1.54) is 24.3 Å². The number of hydrogen-bond acceptors (Lipinski definition) is 4. The van der Waals surface area contributed by atoms with Crippen LogP contribution in [-0.2, 0) is 27.8 Å². The van der Waals surface area contributed by atoms with Crippen molar-refractivity contribution in [3.05, 3.63) is 95.1 Å². The first-order valence-corrected chi connectivity index (χ1v) is 13.3. The summed E-state index contributed by atoms with van der Waals surface area (Å²) in [5, 5.41) is 11.2. The summed E-state index contributed by atoms with van der Waals surface area (Å²) in [6, 6.07) is 19.6. The molecule has 4 rings (SSSR count). The Balaban J connectivity index is 1.59. The molecule has 0 aliphatic heterocycles. The number of fused-ring (bicyclic) bond motifs is 1. The van der Waals surface area contributed by atoms with E-state index in [4.69, 9.17) is 16.3 Å². The van der Waals surface area contributed by atoms with Gasteiger partial charge in [0.05, 0.1) is 4.90 Å². The van der Waals surface area contributed by atoms with Crippen molar-refractivity contribution in [2.45, 2.75) is 30.8 Å². The zero-order valence-corrected chi connectivity index (χ0v) is 21.6. The van der Waals surface area contributed by atoms with Crippen molar-refractivity contribution in [3.63, 3.8) is 0 Å². The summed E-state index contributed by atoms with van der Waals surface area (Å²) in [7, 11) is -4.12. The van der Waals surface area contributed by atoms with Crippen LogP contribution in [0.2, 0.25) is 5.02 Å². The van der Waals surface area contributed by atoms with Crippen LogP contribution >= 0.6 is 11.6 Å². The number of carboxylic acids is 1. The molecule has 0 fully saturated rings. The van der Waals surface area contributed by atoms with E-state index in [0.29, 0.717) is 22.9 Å². The van der Waals surface area contributed by atoms with E-state index in [1.807, 2.05) is 47.2 Å². The van der Waals surface area contributed by atoms with Gasteiger partial charge in [-0.3, -0.25) is 4.79 Å². The SMILES string of the molecule is CC#CCOc1ccc(S(=O)(=O)N[C@@H](Cc2cn(Cc3ccccc3)c3ccc(Cl)cc23)C(=O)O)cc1. The molecule has 0 bridgehead atoms. The Morgan fingerprint density at radius 2 is 1.84 bits per heavy atom. The lowest BCUT2D eigenvalue weighted by molar-refractivity contribution is -0.138. The number of aromatic nitrogens is 1. The van der Waals surface area contributed by atoms with Gasteiger partial charge < -0.3 is 14.4 Å². The molecule has 1 heterocycles. The zero-order chi connectivity index (χ0) is 26.4. The molecule has 0 spiro atoms. The molecule has 0 radical (unpaired) electrons. The van der Waals surface area contributed by atoms with Crippen molar-refractivity contribution >= 4 is 38.5 Å². The van der Waals surface area contributed by atoms with E-state index in [1.54, 1.807) is 19.1 Å². The van der Waals surface area contributed by atoms with E-state index >= 15 is 0 Å². The van der Waals surface area contributed by atoms with Crippen molar-refractivity contribution in [2.24, 2.45) is 0 Å². The van der Waals surface area contributed by atoms with Crippen molar-refractivity contribution in [1.29, 1.82) is 0 Å². The van der Waals surface area contributed by atoms with E-state index < -0.39 is 22.0 Å². The smallest absolute Gasteiger partial charge is 0.322 e. The number of aliphatic carboxylic acids is 1. The van der Waals surface area contributed by atoms with Gasteiger partial charge in [0.1, 0.15) is 18.4 Å². The summed E-state index contributed by atoms with van der Waals surface area (Å²) < 4.78 is 35.8. The Bertz CT molecular complexity index is 1570. The number of nitrogens with one attached hydrogen (secondary N) is 1. The minimum atomic E-state index is -4.12. The second-order valence-corrected chi connectivity index (χ2v) is 10.5. The predicted molar refractivity (Wildman–Crippen MR) is 143 cm³/mol. The van der Waals surface area contributed by atoms with E-state index in [9.17, 15) is 18.3 Å². The monoisotopic (exact) mass is 536 g/mol. The molecule has 3 aromatic carbocycles. The zero-order valence-electron chi connectivity index (χ0n) is 20.0. The van der Waals surface area contributed by atoms with Crippen molar-refractivity contribution in [3.8, 4) is 17.6 Å². The molecule has 2 N–H and O–H groups in total. The van der Waals surface area contributed by atoms with Crippen molar-refractivity contribution < 1.29 is 23.1 Å². The van der Waals surface area contributed by atoms with Gasteiger partial charge in [0, 0.05) is 35.1 Å². The Labute approximate surface area is 220 Å². The molecule has 1 aromatic heterocycles. The van der Waals surface area contributed by atoms with Gasteiger partial charge in [-0.05, 0) is 60.5 Å². The lowest BCUT2D eigenvalue weighted by Crippen LogP contribution is -2.42. The summed E-state index contributed by atoms with van der Waals surface area (Å²) in [4.78, 5) is 12.1. The number of halogens is 1. The van der Waals surface area contributed by atoms with Crippen LogP contribution in [0.3, 0.4) is 0 Å². The molecule has 0 saturated heterocycles. The Kier molecular flexibility index (Phi) is 8.19. The highest BCUT2D eigenvalue weighted by atomic mass is 35.5. The topological polar surface area (TPSA) is 97.6 Å². The maximum Gasteiger partial charge on any atom is 0.322 e. The van der Waals surface area contributed by atoms with E-state index in [2.05, 4.69) is 16.6 Å². The number of benzene rings is 3. The van der Waals surface area contributed by atoms with Crippen LogP contribution in [-0.4, -0.2) is 36.7 Å². The standard InChI is InChI=1S/C28H25ClN2O5S/c1-2-3-15-36-23-10-12-24(13-11-23)37(34,35)30-26(28(32)33)16-21-19-31(18-20-7-5-4-6-8-20)27-14-9-22(29)17-25(21)27/h4-14,17,19,26,30H,15-16,18H2,1H3,(H,32,33)/t26-/m0/s1. The molecule has 0 saturated carbocycles. The van der Waals surface area contributed by atoms with Crippen molar-refractivity contribution in [2.75, 3.05) is 6.61 Å². The number of carbonyl (C=O) groups is 1. The summed E-state index contributed by atoms with van der Waals surface area (Å²) in [6.07, 6.45) is 1.79. The number of ether oxygens (including phenoxy) is 1. The third-order valence-corrected chi connectivity index (χ3v) is 7.49. The van der Waals surface area contributed by atoms with Gasteiger partial charge in [0.25, 0.3) is 0 Å². The fourth-order valence-corrected chi connectivity index (χ4v) is 5.34. The summed E-state index contributed by atoms with van der Waals surface area (Å²) in [5.74, 6) is 4.64. The molecule has 4 aromatic rings. The molecule has 0 unspecified atom stereocenters. The summed E-state index contributed by atoms with van der Waals surface area (Å²) >= 11 is 6.24. The molecule has 0 aliphatic rings. The van der Waals surface area contributed by atoms with Crippen molar-refractivity contribution in [1.82, 2.24) is 9.29 Å². The minimum absolute atomic E-state index is 0.0654. The van der Waals surface area contributed by atoms with Crippen LogP contribution in [0.1, 0.15) is 18.1 Å². The second kappa shape index (κ2) is 11.5. The van der Waals surface area contributed by atoms with Gasteiger partial charge in [0.15, 0.2) is 0 Å². The van der Waals surface area contributed by atoms with Crippen LogP contribution < -0.4 is 9.46 Å². The highest BCUT2D eigenvalue weighted by Gasteiger charge is 2.27. The summed E-state index contributed by atoms with van der Waals surface area (Å²) in [5.41, 5.74) is 2.62. The first kappa shape index (κ1) is 26.3. The van der Waals surface area contributed by atoms with Crippen LogP contribution in [0.25, 0.3) is 10.9 Å². The average Bonchev–Trinajstić information content (AvgIpc) is 3.20. The number of nitrogens with zero attached hydrogens (tertiary/aromatic N) is 1. The first-order chi connectivity index (χ1) is 17.8. The number of sulfonamides is 1. The molecular weight excluding hydrogens is 512 g/mol. The van der Waals surface area contributed by atoms with Gasteiger partial charge in [-0.25, -0.2) is 8.42 Å². The molecule has 37 heavy (non-hydrogen) atoms. The van der Waals surface area contributed by atoms with E-state index in [-0.39, 0.29) is 17.9 Å². The quantitative estimate of drug-likeness (QED) is 0.286. The molecular formula is C28H25ClN2O5S. The highest BCUT2D eigenvalue weighted by molar-refractivity contribution is 7.89. The molecule has 0 amide bonds. The third-order valence-electron chi connectivity index (χ3n) is 5.76. The molecule has 9 heteroatoms. The van der Waals surface area contributed by atoms with Gasteiger partial charge in [-0.1, -0.05) is 47.9 Å². The minimum Gasteiger partial charge on any atom is -0.481 e. The van der Waals surface area contributed by atoms with Crippen LogP contribution in [0.5, 0.6) is 5.75 Å². The Hall–Kier alpha value is -3.77. The maximum atomic E-state index is 13.0. The molecule has 190 valence electrons. The highest BCUT2D eigenvalue weighted by Crippen LogP contribution is 2.27.